The van der Waals surface area contributed by atoms with Crippen molar-refractivity contribution in [3.63, 3.8) is 0 Å². The van der Waals surface area contributed by atoms with Gasteiger partial charge in [-0.15, -0.1) is 0 Å². The van der Waals surface area contributed by atoms with Crippen LogP contribution in [-0.2, 0) is 0 Å². The third-order valence-corrected chi connectivity index (χ3v) is 1.77. The number of aliphatic hydroxyl groups excluding tert-OH is 1. The van der Waals surface area contributed by atoms with Crippen LogP contribution in [0.1, 0.15) is 31.3 Å². The Bertz CT molecular complexity index is 243. The molecule has 0 radical (unpaired) electrons. The van der Waals surface area contributed by atoms with E-state index in [1.54, 1.807) is 12.4 Å². The molecule has 0 bridgehead atoms. The summed E-state index contributed by atoms with van der Waals surface area (Å²) in [6.45, 7) is 5.75. The molecule has 1 atom stereocenters. The molecule has 0 aliphatic carbocycles. The molecule has 3 nitrogen and oxygen atoms in total. The highest BCUT2D eigenvalue weighted by molar-refractivity contribution is 5.08. The summed E-state index contributed by atoms with van der Waals surface area (Å²) in [6, 6.07) is 0. The zero-order valence-electron chi connectivity index (χ0n) is 7.65. The Kier molecular flexibility index (Phi) is 2.76. The molecule has 66 valence electrons. The highest BCUT2D eigenvalue weighted by Crippen LogP contribution is 2.19. The van der Waals surface area contributed by atoms with Crippen molar-refractivity contribution in [3.05, 3.63) is 23.8 Å². The van der Waals surface area contributed by atoms with Gasteiger partial charge in [0, 0.05) is 18.0 Å². The van der Waals surface area contributed by atoms with Gasteiger partial charge in [-0.3, -0.25) is 0 Å². The SMILES string of the molecule is Cc1ncc([C@@H](O)C(C)C)cn1. The summed E-state index contributed by atoms with van der Waals surface area (Å²) in [5, 5.41) is 9.61. The van der Waals surface area contributed by atoms with Crippen LogP contribution < -0.4 is 0 Å². The summed E-state index contributed by atoms with van der Waals surface area (Å²) in [5.74, 6) is 0.936. The Morgan fingerprint density at radius 2 is 1.75 bits per heavy atom. The number of aryl methyl sites for hydroxylation is 1. The molecule has 0 aliphatic heterocycles. The summed E-state index contributed by atoms with van der Waals surface area (Å²) in [5.41, 5.74) is 0.788. The van der Waals surface area contributed by atoms with Crippen LogP contribution in [0.15, 0.2) is 12.4 Å². The van der Waals surface area contributed by atoms with Gasteiger partial charge < -0.3 is 5.11 Å². The normalized spacial score (nSPS) is 13.4. The van der Waals surface area contributed by atoms with Gasteiger partial charge in [0.2, 0.25) is 0 Å². The number of aromatic nitrogens is 2. The molecule has 1 aromatic heterocycles. The van der Waals surface area contributed by atoms with Gasteiger partial charge in [-0.05, 0) is 12.8 Å². The van der Waals surface area contributed by atoms with Crippen molar-refractivity contribution in [2.45, 2.75) is 26.9 Å². The van der Waals surface area contributed by atoms with E-state index in [-0.39, 0.29) is 5.92 Å². The molecule has 0 aromatic carbocycles. The van der Waals surface area contributed by atoms with Crippen molar-refractivity contribution in [2.24, 2.45) is 5.92 Å². The van der Waals surface area contributed by atoms with Crippen LogP contribution in [0.3, 0.4) is 0 Å². The summed E-state index contributed by atoms with van der Waals surface area (Å²) < 4.78 is 0. The zero-order chi connectivity index (χ0) is 9.14. The molecule has 0 saturated carbocycles. The molecule has 12 heavy (non-hydrogen) atoms. The maximum atomic E-state index is 9.61. The van der Waals surface area contributed by atoms with Crippen molar-refractivity contribution >= 4 is 0 Å². The van der Waals surface area contributed by atoms with Crippen LogP contribution in [0.5, 0.6) is 0 Å². The molecule has 0 spiro atoms. The molecular formula is C9H14N2O. The molecule has 0 fully saturated rings. The topological polar surface area (TPSA) is 46.0 Å². The number of rotatable bonds is 2. The fraction of sp³-hybridized carbons (Fsp3) is 0.556. The second-order valence-electron chi connectivity index (χ2n) is 3.25. The Morgan fingerprint density at radius 1 is 1.25 bits per heavy atom. The first-order valence-electron chi connectivity index (χ1n) is 4.08. The molecule has 1 aromatic rings. The first-order chi connectivity index (χ1) is 5.61. The van der Waals surface area contributed by atoms with Crippen molar-refractivity contribution in [3.8, 4) is 0 Å². The van der Waals surface area contributed by atoms with Gasteiger partial charge >= 0.3 is 0 Å². The van der Waals surface area contributed by atoms with Gasteiger partial charge in [0.1, 0.15) is 5.82 Å². The third-order valence-electron chi connectivity index (χ3n) is 1.77. The smallest absolute Gasteiger partial charge is 0.125 e. The summed E-state index contributed by atoms with van der Waals surface area (Å²) >= 11 is 0. The number of nitrogens with zero attached hydrogens (tertiary/aromatic N) is 2. The van der Waals surface area contributed by atoms with E-state index in [9.17, 15) is 5.11 Å². The number of aliphatic hydroxyl groups is 1. The molecule has 1 rings (SSSR count). The predicted molar refractivity (Wildman–Crippen MR) is 46.6 cm³/mol. The van der Waals surface area contributed by atoms with Crippen LogP contribution in [0.2, 0.25) is 0 Å². The number of hydrogen-bond acceptors (Lipinski definition) is 3. The minimum Gasteiger partial charge on any atom is -0.388 e. The second kappa shape index (κ2) is 3.63. The molecule has 0 unspecified atom stereocenters. The highest BCUT2D eigenvalue weighted by atomic mass is 16.3. The number of hydrogen-bond donors (Lipinski definition) is 1. The van der Waals surface area contributed by atoms with E-state index in [1.807, 2.05) is 20.8 Å². The van der Waals surface area contributed by atoms with Crippen LogP contribution in [0.4, 0.5) is 0 Å². The van der Waals surface area contributed by atoms with Gasteiger partial charge in [-0.1, -0.05) is 13.8 Å². The maximum absolute atomic E-state index is 9.61. The lowest BCUT2D eigenvalue weighted by molar-refractivity contribution is 0.126. The van der Waals surface area contributed by atoms with E-state index in [1.165, 1.54) is 0 Å². The van der Waals surface area contributed by atoms with E-state index in [2.05, 4.69) is 9.97 Å². The largest absolute Gasteiger partial charge is 0.388 e. The van der Waals surface area contributed by atoms with E-state index in [0.29, 0.717) is 0 Å². The van der Waals surface area contributed by atoms with E-state index in [4.69, 9.17) is 0 Å². The summed E-state index contributed by atoms with van der Waals surface area (Å²) in [7, 11) is 0. The van der Waals surface area contributed by atoms with E-state index in [0.717, 1.165) is 11.4 Å². The lowest BCUT2D eigenvalue weighted by Crippen LogP contribution is -2.06. The monoisotopic (exact) mass is 166 g/mol. The second-order valence-corrected chi connectivity index (χ2v) is 3.25. The van der Waals surface area contributed by atoms with Gasteiger partial charge in [0.25, 0.3) is 0 Å². The van der Waals surface area contributed by atoms with Crippen LogP contribution >= 0.6 is 0 Å². The van der Waals surface area contributed by atoms with E-state index < -0.39 is 6.10 Å². The average Bonchev–Trinajstić information content (AvgIpc) is 2.04. The molecular weight excluding hydrogens is 152 g/mol. The Labute approximate surface area is 72.5 Å². The van der Waals surface area contributed by atoms with Crippen LogP contribution in [0, 0.1) is 12.8 Å². The highest BCUT2D eigenvalue weighted by Gasteiger charge is 2.11. The van der Waals surface area contributed by atoms with Gasteiger partial charge in [-0.2, -0.15) is 0 Å². The first kappa shape index (κ1) is 9.13. The molecule has 0 saturated heterocycles. The van der Waals surface area contributed by atoms with E-state index >= 15 is 0 Å². The molecule has 3 heteroatoms. The molecule has 0 amide bonds. The van der Waals surface area contributed by atoms with Crippen molar-refractivity contribution in [1.82, 2.24) is 9.97 Å². The summed E-state index contributed by atoms with van der Waals surface area (Å²) in [6.07, 6.45) is 2.89. The average molecular weight is 166 g/mol. The first-order valence-corrected chi connectivity index (χ1v) is 4.08. The molecule has 0 aliphatic rings. The molecule has 1 N–H and O–H groups in total. The zero-order valence-corrected chi connectivity index (χ0v) is 7.65. The lowest BCUT2D eigenvalue weighted by Gasteiger charge is -2.13. The fourth-order valence-electron chi connectivity index (χ4n) is 0.940. The van der Waals surface area contributed by atoms with Crippen molar-refractivity contribution in [2.75, 3.05) is 0 Å². The quantitative estimate of drug-likeness (QED) is 0.723. The molecule has 1 heterocycles. The Hall–Kier alpha value is -0.960. The standard InChI is InChI=1S/C9H14N2O/c1-6(2)9(12)8-4-10-7(3)11-5-8/h4-6,9,12H,1-3H3/t9-/m0/s1. The van der Waals surface area contributed by atoms with Crippen molar-refractivity contribution in [1.29, 1.82) is 0 Å². The minimum absolute atomic E-state index is 0.205. The Balaban J connectivity index is 2.82. The third kappa shape index (κ3) is 2.01. The fourth-order valence-corrected chi connectivity index (χ4v) is 0.940. The van der Waals surface area contributed by atoms with Gasteiger partial charge in [0.05, 0.1) is 6.10 Å². The van der Waals surface area contributed by atoms with Gasteiger partial charge in [-0.25, -0.2) is 9.97 Å². The minimum atomic E-state index is -0.453. The van der Waals surface area contributed by atoms with Gasteiger partial charge in [0.15, 0.2) is 0 Å². The maximum Gasteiger partial charge on any atom is 0.125 e. The summed E-state index contributed by atoms with van der Waals surface area (Å²) in [4.78, 5) is 8.02. The predicted octanol–water partition coefficient (Wildman–Crippen LogP) is 1.47. The lowest BCUT2D eigenvalue weighted by atomic mass is 10.0. The van der Waals surface area contributed by atoms with Crippen molar-refractivity contribution < 1.29 is 5.11 Å². The Morgan fingerprint density at radius 3 is 2.17 bits per heavy atom. The van der Waals surface area contributed by atoms with Crippen LogP contribution in [-0.4, -0.2) is 15.1 Å². The van der Waals surface area contributed by atoms with Crippen LogP contribution in [0.25, 0.3) is 0 Å².